The Hall–Kier alpha value is -1.22. The lowest BCUT2D eigenvalue weighted by Crippen LogP contribution is -2.11. The molecule has 0 bridgehead atoms. The second-order valence-electron chi connectivity index (χ2n) is 5.63. The van der Waals surface area contributed by atoms with E-state index in [0.29, 0.717) is 17.4 Å². The standard InChI is InChI=1S/C15H18ClNO2/c1-9-4-3-5-11(9)14(16)10-6-7-12-13(8-10)19-15(18)17(12)2/h6-9,11,14H,3-5H2,1-2H3. The molecule has 2 aromatic rings. The van der Waals surface area contributed by atoms with Crippen LogP contribution in [0.5, 0.6) is 0 Å². The van der Waals surface area contributed by atoms with Crippen LogP contribution in [0, 0.1) is 11.8 Å². The molecular formula is C15H18ClNO2. The molecule has 0 saturated heterocycles. The van der Waals surface area contributed by atoms with Gasteiger partial charge in [-0.1, -0.05) is 25.8 Å². The first kappa shape index (κ1) is 12.8. The maximum atomic E-state index is 11.5. The fourth-order valence-electron chi connectivity index (χ4n) is 3.18. The minimum Gasteiger partial charge on any atom is -0.408 e. The third kappa shape index (κ3) is 2.10. The molecule has 1 aliphatic rings. The normalized spacial score (nSPS) is 25.0. The molecule has 1 fully saturated rings. The Kier molecular flexibility index (Phi) is 3.17. The number of aryl methyl sites for hydroxylation is 1. The number of nitrogens with zero attached hydrogens (tertiary/aromatic N) is 1. The van der Waals surface area contributed by atoms with Gasteiger partial charge in [0.05, 0.1) is 10.9 Å². The molecule has 19 heavy (non-hydrogen) atoms. The van der Waals surface area contributed by atoms with Gasteiger partial charge >= 0.3 is 5.76 Å². The number of hydrogen-bond acceptors (Lipinski definition) is 2. The summed E-state index contributed by atoms with van der Waals surface area (Å²) in [4.78, 5) is 11.5. The highest BCUT2D eigenvalue weighted by molar-refractivity contribution is 6.21. The fraction of sp³-hybridized carbons (Fsp3) is 0.533. The smallest absolute Gasteiger partial charge is 0.408 e. The number of alkyl halides is 1. The van der Waals surface area contributed by atoms with E-state index in [1.54, 1.807) is 7.05 Å². The molecule has 1 saturated carbocycles. The van der Waals surface area contributed by atoms with E-state index >= 15 is 0 Å². The minimum atomic E-state index is -0.326. The first-order valence-corrected chi connectivity index (χ1v) is 7.25. The Morgan fingerprint density at radius 2 is 2.21 bits per heavy atom. The van der Waals surface area contributed by atoms with Crippen molar-refractivity contribution in [1.82, 2.24) is 4.57 Å². The number of benzene rings is 1. The summed E-state index contributed by atoms with van der Waals surface area (Å²) in [5, 5.41) is 0.00686. The van der Waals surface area contributed by atoms with Crippen LogP contribution in [0.25, 0.3) is 11.1 Å². The summed E-state index contributed by atoms with van der Waals surface area (Å²) in [5.41, 5.74) is 2.50. The zero-order chi connectivity index (χ0) is 13.6. The Morgan fingerprint density at radius 3 is 2.89 bits per heavy atom. The van der Waals surface area contributed by atoms with Gasteiger partial charge in [0.1, 0.15) is 0 Å². The first-order chi connectivity index (χ1) is 9.08. The van der Waals surface area contributed by atoms with Crippen molar-refractivity contribution in [3.63, 3.8) is 0 Å². The summed E-state index contributed by atoms with van der Waals surface area (Å²) in [6, 6.07) is 5.85. The van der Waals surface area contributed by atoms with Crippen LogP contribution in [0.2, 0.25) is 0 Å². The SMILES string of the molecule is CC1CCCC1C(Cl)c1ccc2c(c1)oc(=O)n2C. The van der Waals surface area contributed by atoms with Crippen LogP contribution in [-0.4, -0.2) is 4.57 Å². The summed E-state index contributed by atoms with van der Waals surface area (Å²) < 4.78 is 6.74. The lowest BCUT2D eigenvalue weighted by molar-refractivity contribution is 0.405. The average Bonchev–Trinajstić information content (AvgIpc) is 2.93. The van der Waals surface area contributed by atoms with E-state index in [9.17, 15) is 4.79 Å². The molecular weight excluding hydrogens is 262 g/mol. The molecule has 1 heterocycles. The topological polar surface area (TPSA) is 35.1 Å². The van der Waals surface area contributed by atoms with Gasteiger partial charge in [0.2, 0.25) is 0 Å². The molecule has 3 rings (SSSR count). The molecule has 0 N–H and O–H groups in total. The number of oxazole rings is 1. The van der Waals surface area contributed by atoms with Crippen LogP contribution in [0.1, 0.15) is 37.1 Å². The molecule has 102 valence electrons. The summed E-state index contributed by atoms with van der Waals surface area (Å²) in [6.45, 7) is 2.27. The van der Waals surface area contributed by atoms with Crippen LogP contribution < -0.4 is 5.76 Å². The first-order valence-electron chi connectivity index (χ1n) is 6.81. The van der Waals surface area contributed by atoms with E-state index in [-0.39, 0.29) is 11.1 Å². The zero-order valence-electron chi connectivity index (χ0n) is 11.2. The number of rotatable bonds is 2. The summed E-state index contributed by atoms with van der Waals surface area (Å²) >= 11 is 6.63. The van der Waals surface area contributed by atoms with E-state index in [1.807, 2.05) is 18.2 Å². The van der Waals surface area contributed by atoms with Crippen molar-refractivity contribution in [1.29, 1.82) is 0 Å². The maximum absolute atomic E-state index is 11.5. The highest BCUT2D eigenvalue weighted by atomic mass is 35.5. The zero-order valence-corrected chi connectivity index (χ0v) is 12.0. The van der Waals surface area contributed by atoms with Gasteiger partial charge in [-0.2, -0.15) is 0 Å². The molecule has 1 aliphatic carbocycles. The van der Waals surface area contributed by atoms with E-state index in [4.69, 9.17) is 16.0 Å². The molecule has 1 aromatic heterocycles. The van der Waals surface area contributed by atoms with Crippen LogP contribution in [0.15, 0.2) is 27.4 Å². The van der Waals surface area contributed by atoms with E-state index < -0.39 is 0 Å². The summed E-state index contributed by atoms with van der Waals surface area (Å²) in [6.07, 6.45) is 3.71. The third-order valence-electron chi connectivity index (χ3n) is 4.44. The molecule has 0 radical (unpaired) electrons. The van der Waals surface area contributed by atoms with Crippen molar-refractivity contribution in [2.75, 3.05) is 0 Å². The van der Waals surface area contributed by atoms with Gasteiger partial charge in [0.15, 0.2) is 5.58 Å². The average molecular weight is 280 g/mol. The molecule has 3 unspecified atom stereocenters. The van der Waals surface area contributed by atoms with Gasteiger partial charge < -0.3 is 4.42 Å². The molecule has 0 spiro atoms. The number of halogens is 1. The van der Waals surface area contributed by atoms with Crippen molar-refractivity contribution in [3.8, 4) is 0 Å². The molecule has 0 amide bonds. The molecule has 3 atom stereocenters. The molecule has 1 aromatic carbocycles. The van der Waals surface area contributed by atoms with Crippen LogP contribution in [-0.2, 0) is 7.05 Å². The second kappa shape index (κ2) is 4.71. The Morgan fingerprint density at radius 1 is 1.42 bits per heavy atom. The highest BCUT2D eigenvalue weighted by Crippen LogP contribution is 2.43. The summed E-state index contributed by atoms with van der Waals surface area (Å²) in [7, 11) is 1.71. The minimum absolute atomic E-state index is 0.00686. The lowest BCUT2D eigenvalue weighted by Gasteiger charge is -2.21. The number of fused-ring (bicyclic) bond motifs is 1. The van der Waals surface area contributed by atoms with Crippen molar-refractivity contribution in [2.24, 2.45) is 18.9 Å². The van der Waals surface area contributed by atoms with E-state index in [0.717, 1.165) is 11.1 Å². The number of aromatic nitrogens is 1. The van der Waals surface area contributed by atoms with Gasteiger partial charge in [0, 0.05) is 7.05 Å². The van der Waals surface area contributed by atoms with Gasteiger partial charge in [-0.15, -0.1) is 11.6 Å². The predicted octanol–water partition coefficient (Wildman–Crippen LogP) is 3.85. The maximum Gasteiger partial charge on any atom is 0.419 e. The Balaban J connectivity index is 1.99. The van der Waals surface area contributed by atoms with E-state index in [1.165, 1.54) is 23.8 Å². The van der Waals surface area contributed by atoms with Gasteiger partial charge in [-0.3, -0.25) is 4.57 Å². The van der Waals surface area contributed by atoms with Gasteiger partial charge in [0.25, 0.3) is 0 Å². The van der Waals surface area contributed by atoms with Crippen molar-refractivity contribution >= 4 is 22.7 Å². The molecule has 3 nitrogen and oxygen atoms in total. The second-order valence-corrected chi connectivity index (χ2v) is 6.10. The monoisotopic (exact) mass is 279 g/mol. The van der Waals surface area contributed by atoms with Crippen molar-refractivity contribution in [2.45, 2.75) is 31.6 Å². The van der Waals surface area contributed by atoms with Crippen LogP contribution in [0.4, 0.5) is 0 Å². The predicted molar refractivity (Wildman–Crippen MR) is 76.6 cm³/mol. The molecule has 0 aliphatic heterocycles. The third-order valence-corrected chi connectivity index (χ3v) is 5.01. The Bertz CT molecular complexity index is 658. The quantitative estimate of drug-likeness (QED) is 0.783. The number of hydrogen-bond donors (Lipinski definition) is 0. The van der Waals surface area contributed by atoms with E-state index in [2.05, 4.69) is 6.92 Å². The summed E-state index contributed by atoms with van der Waals surface area (Å²) in [5.74, 6) is 0.864. The van der Waals surface area contributed by atoms with Crippen LogP contribution >= 0.6 is 11.6 Å². The van der Waals surface area contributed by atoms with Crippen molar-refractivity contribution < 1.29 is 4.42 Å². The Labute approximate surface area is 117 Å². The van der Waals surface area contributed by atoms with Crippen molar-refractivity contribution in [3.05, 3.63) is 34.3 Å². The highest BCUT2D eigenvalue weighted by Gasteiger charge is 2.30. The fourth-order valence-corrected chi connectivity index (χ4v) is 3.69. The molecule has 4 heteroatoms. The van der Waals surface area contributed by atoms with Gasteiger partial charge in [-0.25, -0.2) is 4.79 Å². The van der Waals surface area contributed by atoms with Gasteiger partial charge in [-0.05, 0) is 36.0 Å². The lowest BCUT2D eigenvalue weighted by atomic mass is 9.90. The largest absolute Gasteiger partial charge is 0.419 e. The van der Waals surface area contributed by atoms with Crippen LogP contribution in [0.3, 0.4) is 0 Å².